The molecular formula is C27H21Cl3N4O2. The van der Waals surface area contributed by atoms with Gasteiger partial charge in [0.2, 0.25) is 0 Å². The average molecular weight is 540 g/mol. The average Bonchev–Trinajstić information content (AvgIpc) is 3.51. The zero-order valence-electron chi connectivity index (χ0n) is 19.3. The van der Waals surface area contributed by atoms with E-state index in [0.717, 1.165) is 24.9 Å². The van der Waals surface area contributed by atoms with Crippen LogP contribution in [0.5, 0.6) is 0 Å². The fraction of sp³-hybridized carbons (Fsp3) is 0.148. The molecular weight excluding hydrogens is 519 g/mol. The number of fused-ring (bicyclic) bond motifs is 1. The van der Waals surface area contributed by atoms with Crippen LogP contribution in [0.1, 0.15) is 35.9 Å². The highest BCUT2D eigenvalue weighted by molar-refractivity contribution is 6.36. The number of rotatable bonds is 7. The summed E-state index contributed by atoms with van der Waals surface area (Å²) in [6.45, 7) is 2.18. The van der Waals surface area contributed by atoms with Crippen molar-refractivity contribution in [3.63, 3.8) is 0 Å². The van der Waals surface area contributed by atoms with E-state index in [2.05, 4.69) is 34.6 Å². The number of halogens is 3. The van der Waals surface area contributed by atoms with Crippen molar-refractivity contribution in [3.05, 3.63) is 93.1 Å². The fourth-order valence-electron chi connectivity index (χ4n) is 3.80. The van der Waals surface area contributed by atoms with E-state index in [4.69, 9.17) is 39.2 Å². The summed E-state index contributed by atoms with van der Waals surface area (Å²) in [6, 6.07) is 19.8. The second kappa shape index (κ2) is 10.3. The molecule has 1 amide bonds. The summed E-state index contributed by atoms with van der Waals surface area (Å²) in [4.78, 5) is 14.4. The van der Waals surface area contributed by atoms with Crippen LogP contribution in [0.4, 0.5) is 5.69 Å². The number of nitrogens with one attached hydrogen (secondary N) is 1. The molecule has 36 heavy (non-hydrogen) atoms. The van der Waals surface area contributed by atoms with Gasteiger partial charge in [-0.2, -0.15) is 4.80 Å². The zero-order valence-corrected chi connectivity index (χ0v) is 21.5. The van der Waals surface area contributed by atoms with E-state index in [1.807, 2.05) is 12.1 Å². The Kier molecular flexibility index (Phi) is 7.01. The molecule has 1 N–H and O–H groups in total. The zero-order chi connectivity index (χ0) is 25.2. The lowest BCUT2D eigenvalue weighted by Crippen LogP contribution is -2.11. The van der Waals surface area contributed by atoms with Gasteiger partial charge >= 0.3 is 0 Å². The summed E-state index contributed by atoms with van der Waals surface area (Å²) in [6.07, 6.45) is 3.36. The Morgan fingerprint density at radius 1 is 0.917 bits per heavy atom. The minimum atomic E-state index is -0.456. The molecule has 5 aromatic rings. The Morgan fingerprint density at radius 2 is 1.67 bits per heavy atom. The number of hydrogen-bond donors (Lipinski definition) is 1. The molecule has 0 spiro atoms. The van der Waals surface area contributed by atoms with Crippen molar-refractivity contribution in [1.29, 1.82) is 0 Å². The van der Waals surface area contributed by atoms with E-state index < -0.39 is 5.91 Å². The Balaban J connectivity index is 1.36. The van der Waals surface area contributed by atoms with Crippen LogP contribution in [0, 0.1) is 0 Å². The lowest BCUT2D eigenvalue weighted by Gasteiger charge is -2.05. The molecule has 0 aliphatic rings. The van der Waals surface area contributed by atoms with Gasteiger partial charge < -0.3 is 9.73 Å². The number of benzene rings is 3. The Labute approximate surface area is 222 Å². The number of anilines is 1. The molecule has 0 unspecified atom stereocenters. The monoisotopic (exact) mass is 538 g/mol. The van der Waals surface area contributed by atoms with Crippen molar-refractivity contribution in [3.8, 4) is 17.0 Å². The first-order valence-electron chi connectivity index (χ1n) is 11.4. The van der Waals surface area contributed by atoms with E-state index in [-0.39, 0.29) is 5.76 Å². The van der Waals surface area contributed by atoms with Gasteiger partial charge in [0.1, 0.15) is 16.8 Å². The third-order valence-electron chi connectivity index (χ3n) is 5.73. The summed E-state index contributed by atoms with van der Waals surface area (Å²) < 4.78 is 5.73. The van der Waals surface area contributed by atoms with Crippen LogP contribution in [0.2, 0.25) is 15.1 Å². The second-order valence-corrected chi connectivity index (χ2v) is 9.57. The smallest absolute Gasteiger partial charge is 0.291 e. The normalized spacial score (nSPS) is 11.2. The minimum absolute atomic E-state index is 0.110. The minimum Gasteiger partial charge on any atom is -0.451 e. The van der Waals surface area contributed by atoms with Crippen molar-refractivity contribution in [2.24, 2.45) is 0 Å². The van der Waals surface area contributed by atoms with Crippen LogP contribution in [0.15, 0.2) is 71.1 Å². The van der Waals surface area contributed by atoms with E-state index in [1.54, 1.807) is 47.3 Å². The third kappa shape index (κ3) is 5.12. The molecule has 2 aromatic heterocycles. The molecule has 0 radical (unpaired) electrons. The molecule has 2 heterocycles. The van der Waals surface area contributed by atoms with E-state index >= 15 is 0 Å². The van der Waals surface area contributed by atoms with Crippen molar-refractivity contribution in [1.82, 2.24) is 15.0 Å². The van der Waals surface area contributed by atoms with Crippen LogP contribution in [-0.2, 0) is 6.42 Å². The number of furan rings is 1. The summed E-state index contributed by atoms with van der Waals surface area (Å²) in [7, 11) is 0. The summed E-state index contributed by atoms with van der Waals surface area (Å²) in [5, 5.41) is 13.2. The Bertz CT molecular complexity index is 1560. The van der Waals surface area contributed by atoms with Crippen molar-refractivity contribution >= 4 is 57.4 Å². The molecule has 0 saturated heterocycles. The molecule has 0 aliphatic carbocycles. The summed E-state index contributed by atoms with van der Waals surface area (Å²) in [5.74, 6) is 0.105. The highest BCUT2D eigenvalue weighted by Crippen LogP contribution is 2.32. The number of hydrogen-bond acceptors (Lipinski definition) is 4. The molecule has 6 nitrogen and oxygen atoms in total. The molecule has 0 fully saturated rings. The molecule has 0 bridgehead atoms. The van der Waals surface area contributed by atoms with Gasteiger partial charge in [0.15, 0.2) is 5.76 Å². The Hall–Kier alpha value is -3.32. The largest absolute Gasteiger partial charge is 0.451 e. The highest BCUT2D eigenvalue weighted by atomic mass is 35.5. The fourth-order valence-corrected chi connectivity index (χ4v) is 4.51. The number of carbonyl (C=O) groups is 1. The van der Waals surface area contributed by atoms with Crippen molar-refractivity contribution in [2.75, 3.05) is 5.32 Å². The maximum absolute atomic E-state index is 12.9. The molecule has 0 aliphatic heterocycles. The highest BCUT2D eigenvalue weighted by Gasteiger charge is 2.17. The Morgan fingerprint density at radius 3 is 2.39 bits per heavy atom. The van der Waals surface area contributed by atoms with Crippen LogP contribution < -0.4 is 5.32 Å². The number of carbonyl (C=O) groups excluding carboxylic acids is 1. The molecule has 9 heteroatoms. The third-order valence-corrected chi connectivity index (χ3v) is 6.59. The van der Waals surface area contributed by atoms with Gasteiger partial charge in [0.05, 0.1) is 21.4 Å². The number of unbranched alkanes of at least 4 members (excludes halogenated alkanes) is 1. The number of amides is 1. The van der Waals surface area contributed by atoms with Crippen LogP contribution in [0.3, 0.4) is 0 Å². The van der Waals surface area contributed by atoms with E-state index in [1.165, 1.54) is 5.56 Å². The van der Waals surface area contributed by atoms with Gasteiger partial charge in [0, 0.05) is 10.6 Å². The van der Waals surface area contributed by atoms with Gasteiger partial charge in [-0.05, 0) is 73.0 Å². The van der Waals surface area contributed by atoms with Gasteiger partial charge in [0.25, 0.3) is 5.91 Å². The molecule has 182 valence electrons. The lowest BCUT2D eigenvalue weighted by molar-refractivity contribution is 0.0997. The van der Waals surface area contributed by atoms with Crippen molar-refractivity contribution < 1.29 is 9.21 Å². The second-order valence-electron chi connectivity index (χ2n) is 8.32. The van der Waals surface area contributed by atoms with Crippen LogP contribution >= 0.6 is 34.8 Å². The first-order valence-corrected chi connectivity index (χ1v) is 12.6. The topological polar surface area (TPSA) is 73.0 Å². The predicted octanol–water partition coefficient (Wildman–Crippen LogP) is 8.24. The standard InChI is InChI=1S/C27H21Cl3N4O2/c1-2-3-4-16-5-8-18(9-6-16)34-32-23-14-21(30)22(15-24(23)33-34)31-27(35)26-12-11-25(36-26)19-10-7-17(28)13-20(19)29/h5-15H,2-4H2,1H3,(H,31,35). The van der Waals surface area contributed by atoms with Gasteiger partial charge in [-0.25, -0.2) is 0 Å². The summed E-state index contributed by atoms with van der Waals surface area (Å²) in [5.41, 5.74) is 4.37. The maximum atomic E-state index is 12.9. The van der Waals surface area contributed by atoms with Gasteiger partial charge in [-0.1, -0.05) is 60.3 Å². The van der Waals surface area contributed by atoms with Crippen LogP contribution in [-0.4, -0.2) is 20.9 Å². The lowest BCUT2D eigenvalue weighted by atomic mass is 10.1. The molecule has 0 saturated carbocycles. The molecule has 3 aromatic carbocycles. The first kappa shape index (κ1) is 24.4. The first-order chi connectivity index (χ1) is 17.4. The number of aryl methyl sites for hydroxylation is 1. The molecule has 5 rings (SSSR count). The van der Waals surface area contributed by atoms with E-state index in [0.29, 0.717) is 43.1 Å². The van der Waals surface area contributed by atoms with Gasteiger partial charge in [-0.3, -0.25) is 4.79 Å². The number of nitrogens with zero attached hydrogens (tertiary/aromatic N) is 3. The number of aromatic nitrogens is 3. The SMILES string of the molecule is CCCCc1ccc(-n2nc3cc(Cl)c(NC(=O)c4ccc(-c5ccc(Cl)cc5Cl)o4)cc3n2)cc1. The quantitative estimate of drug-likeness (QED) is 0.226. The predicted molar refractivity (Wildman–Crippen MR) is 145 cm³/mol. The maximum Gasteiger partial charge on any atom is 0.291 e. The van der Waals surface area contributed by atoms with Crippen molar-refractivity contribution in [2.45, 2.75) is 26.2 Å². The van der Waals surface area contributed by atoms with Gasteiger partial charge in [-0.15, -0.1) is 10.2 Å². The summed E-state index contributed by atoms with van der Waals surface area (Å²) >= 11 is 18.7. The van der Waals surface area contributed by atoms with E-state index in [9.17, 15) is 4.79 Å². The molecule has 0 atom stereocenters. The van der Waals surface area contributed by atoms with Crippen LogP contribution in [0.25, 0.3) is 28.0 Å².